The van der Waals surface area contributed by atoms with Crippen molar-refractivity contribution in [2.75, 3.05) is 34.9 Å². The Morgan fingerprint density at radius 2 is 1.89 bits per heavy atom. The highest BCUT2D eigenvalue weighted by Crippen LogP contribution is 2.40. The molecule has 0 aromatic heterocycles. The number of amides is 2. The van der Waals surface area contributed by atoms with Crippen LogP contribution in [0.2, 0.25) is 0 Å². The van der Waals surface area contributed by atoms with Crippen molar-refractivity contribution in [2.24, 2.45) is 11.8 Å². The summed E-state index contributed by atoms with van der Waals surface area (Å²) >= 11 is 0. The van der Waals surface area contributed by atoms with Crippen molar-refractivity contribution in [3.8, 4) is 11.5 Å². The first-order chi connectivity index (χ1) is 12.9. The van der Waals surface area contributed by atoms with E-state index < -0.39 is 0 Å². The summed E-state index contributed by atoms with van der Waals surface area (Å²) in [6.45, 7) is 0.827. The number of hydrogen-bond donors (Lipinski definition) is 0. The molecule has 1 heterocycles. The predicted molar refractivity (Wildman–Crippen MR) is 103 cm³/mol. The number of aryl methyl sites for hydroxylation is 1. The number of fused-ring (bicyclic) bond motifs is 1. The van der Waals surface area contributed by atoms with Crippen molar-refractivity contribution in [2.45, 2.75) is 38.1 Å². The molecule has 3 atom stereocenters. The molecule has 0 bridgehead atoms. The molecule has 0 unspecified atom stereocenters. The average Bonchev–Trinajstić information content (AvgIpc) is 3.08. The van der Waals surface area contributed by atoms with Gasteiger partial charge in [0.05, 0.1) is 14.2 Å². The molecule has 2 amide bonds. The quantitative estimate of drug-likeness (QED) is 0.767. The zero-order valence-corrected chi connectivity index (χ0v) is 16.7. The lowest BCUT2D eigenvalue weighted by molar-refractivity contribution is -0.135. The molecular weight excluding hydrogens is 344 g/mol. The van der Waals surface area contributed by atoms with E-state index in [1.807, 2.05) is 42.1 Å². The third kappa shape index (κ3) is 4.20. The first kappa shape index (κ1) is 19.5. The van der Waals surface area contributed by atoms with Gasteiger partial charge in [0.15, 0.2) is 11.5 Å². The standard InChI is InChI=1S/C21H30N2O4/c1-22-13-16-11-17(10-15(16)12-21(22)25)23(2)20(24)8-6-14-5-7-18(26-3)19(9-14)27-4/h5,7,9,15-17H,6,8,10-13H2,1-4H3/t15-,16+,17-/m1/s1. The molecule has 2 aliphatic rings. The molecule has 0 spiro atoms. The lowest BCUT2D eigenvalue weighted by Gasteiger charge is -2.31. The number of piperidine rings is 1. The summed E-state index contributed by atoms with van der Waals surface area (Å²) in [7, 11) is 7.01. The summed E-state index contributed by atoms with van der Waals surface area (Å²) in [6.07, 6.45) is 3.72. The van der Waals surface area contributed by atoms with Gasteiger partial charge in [0, 0.05) is 39.5 Å². The lowest BCUT2D eigenvalue weighted by atomic mass is 9.88. The first-order valence-corrected chi connectivity index (χ1v) is 9.63. The van der Waals surface area contributed by atoms with Crippen LogP contribution in [-0.4, -0.2) is 62.5 Å². The molecule has 6 nitrogen and oxygen atoms in total. The fourth-order valence-corrected chi connectivity index (χ4v) is 4.47. The summed E-state index contributed by atoms with van der Waals surface area (Å²) in [5.74, 6) is 2.73. The van der Waals surface area contributed by atoms with Gasteiger partial charge in [-0.15, -0.1) is 0 Å². The molecule has 0 N–H and O–H groups in total. The van der Waals surface area contributed by atoms with E-state index in [1.165, 1.54) is 0 Å². The van der Waals surface area contributed by atoms with Crippen molar-refractivity contribution >= 4 is 11.8 Å². The third-order valence-electron chi connectivity index (χ3n) is 6.20. The van der Waals surface area contributed by atoms with Crippen LogP contribution in [0.4, 0.5) is 0 Å². The van der Waals surface area contributed by atoms with Crippen molar-refractivity contribution in [1.82, 2.24) is 9.80 Å². The van der Waals surface area contributed by atoms with Crippen LogP contribution in [0.3, 0.4) is 0 Å². The number of rotatable bonds is 6. The lowest BCUT2D eigenvalue weighted by Crippen LogP contribution is -2.39. The molecule has 1 aliphatic heterocycles. The Kier molecular flexibility index (Phi) is 5.92. The Bertz CT molecular complexity index is 705. The van der Waals surface area contributed by atoms with Crippen LogP contribution in [0, 0.1) is 11.8 Å². The Balaban J connectivity index is 1.55. The molecule has 1 saturated carbocycles. The maximum atomic E-state index is 12.7. The van der Waals surface area contributed by atoms with Gasteiger partial charge in [0.1, 0.15) is 0 Å². The zero-order chi connectivity index (χ0) is 19.6. The maximum absolute atomic E-state index is 12.7. The van der Waals surface area contributed by atoms with Gasteiger partial charge in [-0.2, -0.15) is 0 Å². The second kappa shape index (κ2) is 8.19. The van der Waals surface area contributed by atoms with Crippen LogP contribution in [0.25, 0.3) is 0 Å². The van der Waals surface area contributed by atoms with E-state index in [1.54, 1.807) is 14.2 Å². The fraction of sp³-hybridized carbons (Fsp3) is 0.619. The van der Waals surface area contributed by atoms with Gasteiger partial charge in [-0.25, -0.2) is 0 Å². The second-order valence-electron chi connectivity index (χ2n) is 7.82. The fourth-order valence-electron chi connectivity index (χ4n) is 4.47. The van der Waals surface area contributed by atoms with E-state index in [2.05, 4.69) is 0 Å². The van der Waals surface area contributed by atoms with Crippen molar-refractivity contribution in [1.29, 1.82) is 0 Å². The van der Waals surface area contributed by atoms with E-state index in [0.29, 0.717) is 42.6 Å². The largest absolute Gasteiger partial charge is 0.493 e. The molecule has 1 aromatic carbocycles. The van der Waals surface area contributed by atoms with E-state index in [0.717, 1.165) is 24.9 Å². The van der Waals surface area contributed by atoms with Gasteiger partial charge in [0.2, 0.25) is 11.8 Å². The van der Waals surface area contributed by atoms with Crippen molar-refractivity contribution < 1.29 is 19.1 Å². The van der Waals surface area contributed by atoms with Gasteiger partial charge < -0.3 is 19.3 Å². The topological polar surface area (TPSA) is 59.1 Å². The predicted octanol–water partition coefficient (Wildman–Crippen LogP) is 2.35. The number of likely N-dealkylation sites (tertiary alicyclic amines) is 1. The molecule has 0 radical (unpaired) electrons. The van der Waals surface area contributed by atoms with Crippen molar-refractivity contribution in [3.63, 3.8) is 0 Å². The second-order valence-corrected chi connectivity index (χ2v) is 7.82. The average molecular weight is 374 g/mol. The minimum atomic E-state index is 0.160. The number of carbonyl (C=O) groups is 2. The van der Waals surface area contributed by atoms with E-state index in [4.69, 9.17) is 9.47 Å². The number of hydrogen-bond acceptors (Lipinski definition) is 4. The molecule has 1 aromatic rings. The monoisotopic (exact) mass is 374 g/mol. The third-order valence-corrected chi connectivity index (χ3v) is 6.20. The van der Waals surface area contributed by atoms with Gasteiger partial charge in [-0.05, 0) is 48.8 Å². The summed E-state index contributed by atoms with van der Waals surface area (Å²) in [5.41, 5.74) is 1.06. The normalized spacial score (nSPS) is 24.5. The molecule has 6 heteroatoms. The Labute approximate surface area is 161 Å². The summed E-state index contributed by atoms with van der Waals surface area (Å²) in [4.78, 5) is 28.4. The summed E-state index contributed by atoms with van der Waals surface area (Å²) in [6, 6.07) is 6.02. The van der Waals surface area contributed by atoms with Gasteiger partial charge >= 0.3 is 0 Å². The van der Waals surface area contributed by atoms with Crippen LogP contribution in [0.1, 0.15) is 31.2 Å². The summed E-state index contributed by atoms with van der Waals surface area (Å²) < 4.78 is 10.6. The molecule has 3 rings (SSSR count). The smallest absolute Gasteiger partial charge is 0.222 e. The van der Waals surface area contributed by atoms with Crippen LogP contribution in [0.15, 0.2) is 18.2 Å². The highest BCUT2D eigenvalue weighted by molar-refractivity contribution is 5.78. The zero-order valence-electron chi connectivity index (χ0n) is 16.7. The van der Waals surface area contributed by atoms with Crippen molar-refractivity contribution in [3.05, 3.63) is 23.8 Å². The minimum absolute atomic E-state index is 0.160. The molecule has 1 saturated heterocycles. The molecule has 2 fully saturated rings. The maximum Gasteiger partial charge on any atom is 0.222 e. The number of ether oxygens (including phenoxy) is 2. The number of methoxy groups -OCH3 is 2. The van der Waals surface area contributed by atoms with Crippen LogP contribution in [-0.2, 0) is 16.0 Å². The Hall–Kier alpha value is -2.24. The van der Waals surface area contributed by atoms with Crippen LogP contribution < -0.4 is 9.47 Å². The molecular formula is C21H30N2O4. The van der Waals surface area contributed by atoms with Gasteiger partial charge in [-0.1, -0.05) is 6.07 Å². The van der Waals surface area contributed by atoms with Gasteiger partial charge in [-0.3, -0.25) is 9.59 Å². The Morgan fingerprint density at radius 3 is 2.59 bits per heavy atom. The van der Waals surface area contributed by atoms with E-state index in [9.17, 15) is 9.59 Å². The molecule has 1 aliphatic carbocycles. The van der Waals surface area contributed by atoms with E-state index >= 15 is 0 Å². The number of nitrogens with zero attached hydrogens (tertiary/aromatic N) is 2. The highest BCUT2D eigenvalue weighted by Gasteiger charge is 2.42. The Morgan fingerprint density at radius 1 is 1.19 bits per heavy atom. The summed E-state index contributed by atoms with van der Waals surface area (Å²) in [5, 5.41) is 0. The van der Waals surface area contributed by atoms with Gasteiger partial charge in [0.25, 0.3) is 0 Å². The van der Waals surface area contributed by atoms with Crippen LogP contribution in [0.5, 0.6) is 11.5 Å². The number of benzene rings is 1. The first-order valence-electron chi connectivity index (χ1n) is 9.63. The number of carbonyl (C=O) groups excluding carboxylic acids is 2. The molecule has 27 heavy (non-hydrogen) atoms. The highest BCUT2D eigenvalue weighted by atomic mass is 16.5. The van der Waals surface area contributed by atoms with Crippen LogP contribution >= 0.6 is 0 Å². The molecule has 148 valence electrons. The minimum Gasteiger partial charge on any atom is -0.493 e. The van der Waals surface area contributed by atoms with E-state index in [-0.39, 0.29) is 17.9 Å². The SMILES string of the molecule is COc1ccc(CCC(=O)N(C)[C@@H]2C[C@@H]3CC(=O)N(C)C[C@@H]3C2)cc1OC.